The number of methoxy groups -OCH3 is 2. The zero-order valence-electron chi connectivity index (χ0n) is 53.3. The van der Waals surface area contributed by atoms with Gasteiger partial charge in [0, 0.05) is 118 Å². The number of nitrogens with zero attached hydrogens (tertiary/aromatic N) is 7. The second-order valence-corrected chi connectivity index (χ2v) is 24.3. The molecule has 1 saturated heterocycles. The Morgan fingerprint density at radius 2 is 1.20 bits per heavy atom. The summed E-state index contributed by atoms with van der Waals surface area (Å²) in [4.78, 5) is 85.9. The molecule has 93 heavy (non-hydrogen) atoms. The average molecular weight is 1260 g/mol. The molecule has 5 aromatic rings. The summed E-state index contributed by atoms with van der Waals surface area (Å²) in [5, 5.41) is 29.9. The van der Waals surface area contributed by atoms with E-state index in [2.05, 4.69) is 57.1 Å². The Morgan fingerprint density at radius 3 is 1.78 bits per heavy atom. The van der Waals surface area contributed by atoms with Crippen LogP contribution in [0, 0.1) is 5.92 Å². The van der Waals surface area contributed by atoms with E-state index in [0.717, 1.165) is 54.0 Å². The van der Waals surface area contributed by atoms with Crippen molar-refractivity contribution in [1.82, 2.24) is 29.9 Å². The normalized spacial score (nSPS) is 19.6. The summed E-state index contributed by atoms with van der Waals surface area (Å²) < 4.78 is 25.3. The first-order valence-electron chi connectivity index (χ1n) is 31.8. The van der Waals surface area contributed by atoms with Gasteiger partial charge in [0.15, 0.2) is 28.9 Å². The Balaban J connectivity index is 0.623. The van der Waals surface area contributed by atoms with Gasteiger partial charge in [-0.05, 0) is 97.0 Å². The summed E-state index contributed by atoms with van der Waals surface area (Å²) in [6.07, 6.45) is 24.0. The van der Waals surface area contributed by atoms with Crippen molar-refractivity contribution in [3.63, 3.8) is 0 Å². The number of aliphatic imine (C=N–C) groups is 2. The number of carbonyl (C=O) groups is 5. The number of allylic oxidation sites excluding steroid dienone is 8. The number of benzene rings is 4. The molecule has 11 rings (SSSR count). The minimum Gasteiger partial charge on any atom is -0.494 e. The standard InChI is InChI=1S/C72H80N10O11/c1-45(2)67(77-65(83)18-13-10-14-27-80-66(84)38-56(70(80)87)49-16-11-8-7-9-12-17-49)69(86)75-46(3)68(85)76-52-23-19-47(20-24-52)50-34-54-41-73-59-39-63(61(90-5)36-57(59)71(88)81(54)43-50)92-32-15-33-93-64-40-60-58(37-62(64)91-6)72(89)82-44-51(35-55(82)42-74-60)48-21-25-53(26-22-48)79-30-28-78(4)29-31-79/h7-9,11-12,16-17,19-26,36-46,54-55,67,84,87H,10,13-15,18,27-35H2,1-6H3,(H,75,86)(H,76,85)(H,77,83)/b8-7-,9-7?,11-8?,12-9-,16-11-,17-12?,49-16?,49-17+. The second-order valence-electron chi connectivity index (χ2n) is 24.3. The van der Waals surface area contributed by atoms with Crippen molar-refractivity contribution in [3.8, 4) is 34.8 Å². The molecule has 5 aliphatic heterocycles. The highest BCUT2D eigenvalue weighted by Crippen LogP contribution is 2.43. The van der Waals surface area contributed by atoms with Crippen LogP contribution in [0.4, 0.5) is 22.7 Å². The van der Waals surface area contributed by atoms with Gasteiger partial charge in [-0.3, -0.25) is 38.5 Å². The van der Waals surface area contributed by atoms with Crippen molar-refractivity contribution >= 4 is 81.4 Å². The number of aromatic nitrogens is 1. The molecule has 1 aromatic heterocycles. The van der Waals surface area contributed by atoms with E-state index in [0.29, 0.717) is 102 Å². The number of fused-ring (bicyclic) bond motifs is 4. The Morgan fingerprint density at radius 1 is 0.634 bits per heavy atom. The number of unbranched alkanes of at least 4 members (excludes halogenated alkanes) is 2. The third-order valence-electron chi connectivity index (χ3n) is 17.5. The molecular formula is C72H80N10O11. The molecule has 0 bridgehead atoms. The van der Waals surface area contributed by atoms with Gasteiger partial charge in [0.25, 0.3) is 11.8 Å². The Kier molecular flexibility index (Phi) is 20.1. The predicted molar refractivity (Wildman–Crippen MR) is 360 cm³/mol. The minimum atomic E-state index is -0.931. The Bertz CT molecular complexity index is 3910. The number of aromatic hydroxyl groups is 2. The molecule has 4 aromatic carbocycles. The van der Waals surface area contributed by atoms with E-state index in [-0.39, 0.29) is 67.1 Å². The van der Waals surface area contributed by atoms with Gasteiger partial charge in [0.2, 0.25) is 23.6 Å². The van der Waals surface area contributed by atoms with E-state index < -0.39 is 23.9 Å². The molecule has 5 amide bonds. The molecular weight excluding hydrogens is 1180 g/mol. The summed E-state index contributed by atoms with van der Waals surface area (Å²) in [6, 6.07) is 21.8. The number of nitrogens with one attached hydrogen (secondary N) is 3. The number of rotatable bonds is 24. The van der Waals surface area contributed by atoms with Gasteiger partial charge in [-0.1, -0.05) is 87.1 Å². The highest BCUT2D eigenvalue weighted by atomic mass is 16.5. The Hall–Kier alpha value is -10.2. The van der Waals surface area contributed by atoms with Crippen LogP contribution in [0.25, 0.3) is 16.7 Å². The first-order valence-corrected chi connectivity index (χ1v) is 31.8. The maximum Gasteiger partial charge on any atom is 0.260 e. The van der Waals surface area contributed by atoms with Crippen molar-refractivity contribution in [2.24, 2.45) is 15.9 Å². The molecule has 484 valence electrons. The van der Waals surface area contributed by atoms with E-state index >= 15 is 0 Å². The molecule has 4 atom stereocenters. The number of amides is 5. The van der Waals surface area contributed by atoms with Crippen molar-refractivity contribution in [2.45, 2.75) is 96.4 Å². The van der Waals surface area contributed by atoms with Gasteiger partial charge < -0.3 is 64.7 Å². The van der Waals surface area contributed by atoms with E-state index in [4.69, 9.17) is 28.9 Å². The fourth-order valence-corrected chi connectivity index (χ4v) is 12.1. The van der Waals surface area contributed by atoms with Crippen molar-refractivity contribution in [3.05, 3.63) is 162 Å². The minimum absolute atomic E-state index is 0.0353. The summed E-state index contributed by atoms with van der Waals surface area (Å²) >= 11 is 0. The van der Waals surface area contributed by atoms with Gasteiger partial charge in [0.1, 0.15) is 12.1 Å². The average Bonchev–Trinajstić information content (AvgIpc) is 1.69. The van der Waals surface area contributed by atoms with Crippen LogP contribution in [0.3, 0.4) is 0 Å². The zero-order valence-corrected chi connectivity index (χ0v) is 53.3. The fraction of sp³-hybridized carbons (Fsp3) is 0.347. The van der Waals surface area contributed by atoms with Crippen molar-refractivity contribution < 1.29 is 53.1 Å². The topological polar surface area (TPSA) is 241 Å². The molecule has 5 N–H and O–H groups in total. The maximum atomic E-state index is 14.2. The molecule has 6 heterocycles. The number of hydrogen-bond donors (Lipinski definition) is 5. The molecule has 6 aliphatic rings. The number of anilines is 2. The highest BCUT2D eigenvalue weighted by molar-refractivity contribution is 6.07. The van der Waals surface area contributed by atoms with Crippen LogP contribution in [-0.4, -0.2) is 156 Å². The lowest BCUT2D eigenvalue weighted by Gasteiger charge is -2.34. The maximum absolute atomic E-state index is 14.2. The van der Waals surface area contributed by atoms with Gasteiger partial charge in [-0.25, -0.2) is 0 Å². The molecule has 21 nitrogen and oxygen atoms in total. The lowest BCUT2D eigenvalue weighted by atomic mass is 10.0. The molecule has 1 aliphatic carbocycles. The largest absolute Gasteiger partial charge is 0.494 e. The van der Waals surface area contributed by atoms with Gasteiger partial charge >= 0.3 is 0 Å². The number of piperazine rings is 1. The second kappa shape index (κ2) is 29.0. The summed E-state index contributed by atoms with van der Waals surface area (Å²) in [7, 11) is 5.20. The van der Waals surface area contributed by atoms with Crippen LogP contribution in [0.2, 0.25) is 0 Å². The fourth-order valence-electron chi connectivity index (χ4n) is 12.1. The summed E-state index contributed by atoms with van der Waals surface area (Å²) in [5.41, 5.74) is 8.61. The van der Waals surface area contributed by atoms with Crippen LogP contribution in [0.5, 0.6) is 34.8 Å². The van der Waals surface area contributed by atoms with Crippen molar-refractivity contribution in [1.29, 1.82) is 0 Å². The molecule has 0 saturated carbocycles. The first-order chi connectivity index (χ1) is 45.0. The molecule has 1 fully saturated rings. The predicted octanol–water partition coefficient (Wildman–Crippen LogP) is 10.4. The zero-order chi connectivity index (χ0) is 65.3. The molecule has 4 unspecified atom stereocenters. The number of ether oxygens (including phenoxy) is 4. The van der Waals surface area contributed by atoms with E-state index in [1.54, 1.807) is 59.3 Å². The summed E-state index contributed by atoms with van der Waals surface area (Å²) in [6.45, 7) is 10.1. The number of carbonyl (C=O) groups excluding carboxylic acids is 5. The van der Waals surface area contributed by atoms with Crippen LogP contribution < -0.4 is 39.8 Å². The van der Waals surface area contributed by atoms with Crippen LogP contribution in [0.15, 0.2) is 144 Å². The number of likely N-dealkylation sites (N-methyl/N-ethyl adjacent to an activating group) is 1. The molecule has 0 spiro atoms. The SMILES string of the molecule is COc1cc2c(cc1OCCCOc1cc3c(cc1OC)C(=O)N1C=C(c4ccc(N5CCN(C)CC5)cc4)CC1C=N3)N=CC1CC(c3ccc(NC(=O)C(C)NC(=O)C(NC(=O)CCCCCn4c(O)cc(C5=C/C=C\C=C/C=C\5)c4O)C(C)C)cc3)=CN1C2=O. The highest BCUT2D eigenvalue weighted by Gasteiger charge is 2.36. The molecule has 0 radical (unpaired) electrons. The van der Waals surface area contributed by atoms with Gasteiger partial charge in [-0.15, -0.1) is 0 Å². The lowest BCUT2D eigenvalue weighted by Crippen LogP contribution is -2.53. The Labute approximate surface area is 541 Å². The van der Waals surface area contributed by atoms with E-state index in [1.165, 1.54) is 30.5 Å². The first kappa shape index (κ1) is 64.4. The van der Waals surface area contributed by atoms with Gasteiger partial charge in [-0.2, -0.15) is 0 Å². The molecule has 21 heteroatoms. The lowest BCUT2D eigenvalue weighted by molar-refractivity contribution is -0.131. The van der Waals surface area contributed by atoms with E-state index in [9.17, 15) is 34.2 Å². The smallest absolute Gasteiger partial charge is 0.260 e. The number of hydrogen-bond acceptors (Lipinski definition) is 15. The van der Waals surface area contributed by atoms with E-state index in [1.807, 2.05) is 87.1 Å². The third kappa shape index (κ3) is 14.8. The monoisotopic (exact) mass is 1260 g/mol. The van der Waals surface area contributed by atoms with Crippen LogP contribution in [-0.2, 0) is 20.9 Å². The van der Waals surface area contributed by atoms with Gasteiger partial charge in [0.05, 0.1) is 62.0 Å². The van der Waals surface area contributed by atoms with Crippen LogP contribution >= 0.6 is 0 Å². The van der Waals surface area contributed by atoms with Crippen LogP contribution in [0.1, 0.15) is 103 Å². The third-order valence-corrected chi connectivity index (χ3v) is 17.5. The quantitative estimate of drug-likeness (QED) is 0.0362. The van der Waals surface area contributed by atoms with Crippen molar-refractivity contribution in [2.75, 3.05) is 70.9 Å². The summed E-state index contributed by atoms with van der Waals surface area (Å²) in [5.74, 6) is -0.354.